The van der Waals surface area contributed by atoms with Crippen molar-refractivity contribution in [3.8, 4) is 23.0 Å². The molecule has 1 atom stereocenters. The van der Waals surface area contributed by atoms with Gasteiger partial charge < -0.3 is 9.84 Å². The first-order valence-corrected chi connectivity index (χ1v) is 8.08. The number of hydrogen-bond acceptors (Lipinski definition) is 5. The second kappa shape index (κ2) is 7.16. The van der Waals surface area contributed by atoms with Gasteiger partial charge in [-0.3, -0.25) is 0 Å². The Morgan fingerprint density at radius 3 is 2.69 bits per heavy atom. The summed E-state index contributed by atoms with van der Waals surface area (Å²) in [4.78, 5) is 18.6. The summed E-state index contributed by atoms with van der Waals surface area (Å²) in [5.41, 5.74) is 0.677. The maximum Gasteiger partial charge on any atom is 0.344 e. The molecule has 0 aromatic carbocycles. The van der Waals surface area contributed by atoms with Crippen LogP contribution >= 0.6 is 15.9 Å². The zero-order valence-corrected chi connectivity index (χ0v) is 14.8. The second-order valence-electron chi connectivity index (χ2n) is 5.16. The smallest absolute Gasteiger partial charge is 0.344 e. The number of ether oxygens (including phenoxy) is 1. The van der Waals surface area contributed by atoms with Crippen molar-refractivity contribution in [3.63, 3.8) is 0 Å². The molecule has 0 radical (unpaired) electrons. The van der Waals surface area contributed by atoms with Crippen LogP contribution < -0.4 is 4.74 Å². The molecular weight excluding hydrogens is 414 g/mol. The minimum Gasteiger partial charge on any atom is -0.479 e. The molecule has 0 aliphatic heterocycles. The molecule has 10 heteroatoms. The lowest BCUT2D eigenvalue weighted by molar-refractivity contribution is -0.144. The molecule has 3 aromatic heterocycles. The third kappa shape index (κ3) is 3.40. The number of carboxylic acids is 1. The largest absolute Gasteiger partial charge is 0.479 e. The highest BCUT2D eigenvalue weighted by Gasteiger charge is 2.25. The lowest BCUT2D eigenvalue weighted by Gasteiger charge is -2.07. The first-order chi connectivity index (χ1) is 12.4. The van der Waals surface area contributed by atoms with Gasteiger partial charge in [-0.25, -0.2) is 23.8 Å². The fraction of sp³-hybridized carbons (Fsp3) is 0.125. The van der Waals surface area contributed by atoms with Crippen LogP contribution in [0, 0.1) is 11.8 Å². The Kier molecular flexibility index (Phi) is 4.94. The number of carboxylic acid groups (broad SMARTS) is 1. The number of nitrogens with zero attached hydrogens (tertiary/aromatic N) is 4. The van der Waals surface area contributed by atoms with E-state index in [0.717, 1.165) is 10.7 Å². The molecule has 0 aliphatic rings. The van der Waals surface area contributed by atoms with Crippen LogP contribution in [0.1, 0.15) is 6.92 Å². The molecule has 7 nitrogen and oxygen atoms in total. The summed E-state index contributed by atoms with van der Waals surface area (Å²) in [5, 5.41) is 13.1. The van der Waals surface area contributed by atoms with Crippen molar-refractivity contribution >= 4 is 21.9 Å². The summed E-state index contributed by atoms with van der Waals surface area (Å²) in [5.74, 6) is -2.75. The van der Waals surface area contributed by atoms with E-state index in [4.69, 9.17) is 9.84 Å². The number of aromatic nitrogens is 4. The number of rotatable bonds is 5. The second-order valence-corrected chi connectivity index (χ2v) is 5.95. The standard InChI is InChI=1S/C16H11BrF2N4O3/c1-8(16(24)25)26-15-12(17)13(9-4-5-11(19)21-7-9)23(22-15)14-10(18)3-2-6-20-14/h2-8H,1H3,(H,24,25)/t8-/m1/s1. The Bertz CT molecular complexity index is 963. The molecule has 0 aliphatic carbocycles. The lowest BCUT2D eigenvalue weighted by atomic mass is 10.2. The van der Waals surface area contributed by atoms with Gasteiger partial charge in [0.05, 0.1) is 5.69 Å². The minimum atomic E-state index is -1.19. The molecule has 0 saturated heterocycles. The third-order valence-electron chi connectivity index (χ3n) is 3.37. The van der Waals surface area contributed by atoms with Crippen molar-refractivity contribution in [1.82, 2.24) is 19.7 Å². The van der Waals surface area contributed by atoms with Crippen LogP contribution in [0.2, 0.25) is 0 Å². The average molecular weight is 425 g/mol. The van der Waals surface area contributed by atoms with Gasteiger partial charge in [0.15, 0.2) is 17.7 Å². The predicted octanol–water partition coefficient (Wildman–Crippen LogP) is 3.22. The summed E-state index contributed by atoms with van der Waals surface area (Å²) in [7, 11) is 0. The van der Waals surface area contributed by atoms with Gasteiger partial charge in [0.1, 0.15) is 4.47 Å². The Hall–Kier alpha value is -2.88. The summed E-state index contributed by atoms with van der Waals surface area (Å²) in [6.07, 6.45) is 1.42. The molecule has 3 rings (SSSR count). The van der Waals surface area contributed by atoms with E-state index >= 15 is 0 Å². The maximum absolute atomic E-state index is 14.2. The van der Waals surface area contributed by atoms with Crippen molar-refractivity contribution in [1.29, 1.82) is 0 Å². The zero-order chi connectivity index (χ0) is 18.8. The molecule has 0 fully saturated rings. The molecule has 1 N–H and O–H groups in total. The Morgan fingerprint density at radius 2 is 2.08 bits per heavy atom. The van der Waals surface area contributed by atoms with E-state index in [0.29, 0.717) is 5.56 Å². The van der Waals surface area contributed by atoms with Crippen LogP contribution in [0.25, 0.3) is 17.1 Å². The van der Waals surface area contributed by atoms with Crippen LogP contribution in [-0.4, -0.2) is 36.9 Å². The normalized spacial score (nSPS) is 12.0. The Labute approximate surface area is 154 Å². The summed E-state index contributed by atoms with van der Waals surface area (Å²) in [6, 6.07) is 5.17. The highest BCUT2D eigenvalue weighted by molar-refractivity contribution is 9.10. The number of aliphatic carboxylic acids is 1. The molecule has 0 unspecified atom stereocenters. The van der Waals surface area contributed by atoms with Gasteiger partial charge in [-0.1, -0.05) is 0 Å². The van der Waals surface area contributed by atoms with Gasteiger partial charge in [-0.15, -0.1) is 5.10 Å². The van der Waals surface area contributed by atoms with Gasteiger partial charge in [-0.2, -0.15) is 4.39 Å². The molecule has 3 heterocycles. The van der Waals surface area contributed by atoms with Crippen LogP contribution in [0.3, 0.4) is 0 Å². The molecule has 134 valence electrons. The first kappa shape index (κ1) is 17.9. The SMILES string of the molecule is C[C@@H](Oc1nn(-c2ncccc2F)c(-c2ccc(F)nc2)c1Br)C(=O)O. The molecule has 0 saturated carbocycles. The van der Waals surface area contributed by atoms with E-state index in [9.17, 15) is 13.6 Å². The monoisotopic (exact) mass is 424 g/mol. The van der Waals surface area contributed by atoms with Gasteiger partial charge in [0, 0.05) is 18.0 Å². The van der Waals surface area contributed by atoms with Crippen LogP contribution in [0.5, 0.6) is 5.88 Å². The van der Waals surface area contributed by atoms with Gasteiger partial charge in [-0.05, 0) is 47.1 Å². The van der Waals surface area contributed by atoms with Crippen molar-refractivity contribution in [2.24, 2.45) is 0 Å². The van der Waals surface area contributed by atoms with Crippen molar-refractivity contribution < 1.29 is 23.4 Å². The van der Waals surface area contributed by atoms with Crippen molar-refractivity contribution in [2.75, 3.05) is 0 Å². The summed E-state index contributed by atoms with van der Waals surface area (Å²) in [6.45, 7) is 1.33. The van der Waals surface area contributed by atoms with Crippen LogP contribution in [-0.2, 0) is 4.79 Å². The van der Waals surface area contributed by atoms with E-state index in [-0.39, 0.29) is 21.9 Å². The van der Waals surface area contributed by atoms with Gasteiger partial charge in [0.2, 0.25) is 11.8 Å². The van der Waals surface area contributed by atoms with E-state index < -0.39 is 23.8 Å². The number of carbonyl (C=O) groups is 1. The number of halogens is 3. The zero-order valence-electron chi connectivity index (χ0n) is 13.2. The molecule has 26 heavy (non-hydrogen) atoms. The molecule has 0 amide bonds. The van der Waals surface area contributed by atoms with Crippen molar-refractivity contribution in [3.05, 3.63) is 52.9 Å². The predicted molar refractivity (Wildman–Crippen MR) is 89.9 cm³/mol. The highest BCUT2D eigenvalue weighted by Crippen LogP contribution is 2.37. The minimum absolute atomic E-state index is 0.0794. The Morgan fingerprint density at radius 1 is 1.31 bits per heavy atom. The molecule has 3 aromatic rings. The quantitative estimate of drug-likeness (QED) is 0.632. The fourth-order valence-corrected chi connectivity index (χ4v) is 2.69. The Balaban J connectivity index is 2.19. The van der Waals surface area contributed by atoms with Crippen LogP contribution in [0.15, 0.2) is 41.1 Å². The lowest BCUT2D eigenvalue weighted by Crippen LogP contribution is -2.23. The van der Waals surface area contributed by atoms with E-state index in [1.54, 1.807) is 0 Å². The van der Waals surface area contributed by atoms with E-state index in [1.807, 2.05) is 0 Å². The molecular formula is C16H11BrF2N4O3. The fourth-order valence-electron chi connectivity index (χ4n) is 2.12. The van der Waals surface area contributed by atoms with E-state index in [2.05, 4.69) is 31.0 Å². The van der Waals surface area contributed by atoms with Gasteiger partial charge in [0.25, 0.3) is 0 Å². The highest BCUT2D eigenvalue weighted by atomic mass is 79.9. The topological polar surface area (TPSA) is 90.1 Å². The number of pyridine rings is 2. The third-order valence-corrected chi connectivity index (χ3v) is 4.09. The summed E-state index contributed by atoms with van der Waals surface area (Å²) < 4.78 is 34.1. The van der Waals surface area contributed by atoms with Crippen molar-refractivity contribution in [2.45, 2.75) is 13.0 Å². The first-order valence-electron chi connectivity index (χ1n) is 7.29. The number of hydrogen-bond donors (Lipinski definition) is 1. The average Bonchev–Trinajstić information content (AvgIpc) is 2.92. The summed E-state index contributed by atoms with van der Waals surface area (Å²) >= 11 is 3.28. The van der Waals surface area contributed by atoms with E-state index in [1.165, 1.54) is 37.5 Å². The van der Waals surface area contributed by atoms with Gasteiger partial charge >= 0.3 is 5.97 Å². The molecule has 0 spiro atoms. The molecule has 0 bridgehead atoms. The van der Waals surface area contributed by atoms with Crippen LogP contribution in [0.4, 0.5) is 8.78 Å². The maximum atomic E-state index is 14.2.